The fourth-order valence-corrected chi connectivity index (χ4v) is 3.20. The van der Waals surface area contributed by atoms with Gasteiger partial charge in [0.05, 0.1) is 11.1 Å². The van der Waals surface area contributed by atoms with Gasteiger partial charge in [-0.3, -0.25) is 0 Å². The van der Waals surface area contributed by atoms with Crippen molar-refractivity contribution in [2.45, 2.75) is 38.6 Å². The van der Waals surface area contributed by atoms with Gasteiger partial charge in [0, 0.05) is 11.4 Å². The Balaban J connectivity index is 1.93. The monoisotopic (exact) mass is 284 g/mol. The Hall–Kier alpha value is -2.10. The molecule has 0 aliphatic heterocycles. The van der Waals surface area contributed by atoms with Crippen LogP contribution in [0, 0.1) is 5.92 Å². The molecule has 2 unspecified atom stereocenters. The summed E-state index contributed by atoms with van der Waals surface area (Å²) in [4.78, 5) is 16.0. The summed E-state index contributed by atoms with van der Waals surface area (Å²) in [6.07, 6.45) is 4.75. The van der Waals surface area contributed by atoms with Gasteiger partial charge in [-0.05, 0) is 30.9 Å². The molecule has 1 saturated carbocycles. The van der Waals surface area contributed by atoms with E-state index in [0.29, 0.717) is 22.8 Å². The number of hydrogen-bond donors (Lipinski definition) is 2. The number of aromatic nitrogens is 1. The summed E-state index contributed by atoms with van der Waals surface area (Å²) < 4.78 is 0. The minimum Gasteiger partial charge on any atom is -0.478 e. The number of aromatic carboxylic acids is 1. The second-order valence-electron chi connectivity index (χ2n) is 5.99. The average molecular weight is 284 g/mol. The Morgan fingerprint density at radius 3 is 2.90 bits per heavy atom. The van der Waals surface area contributed by atoms with E-state index in [9.17, 15) is 9.90 Å². The molecule has 0 bridgehead atoms. The molecule has 21 heavy (non-hydrogen) atoms. The van der Waals surface area contributed by atoms with Crippen LogP contribution >= 0.6 is 0 Å². The fraction of sp³-hybridized carbons (Fsp3) is 0.412. The predicted octanol–water partition coefficient (Wildman–Crippen LogP) is 3.92. The van der Waals surface area contributed by atoms with Crippen molar-refractivity contribution in [1.82, 2.24) is 4.98 Å². The molecule has 110 valence electrons. The number of fused-ring (bicyclic) bond motifs is 1. The second-order valence-corrected chi connectivity index (χ2v) is 5.99. The largest absolute Gasteiger partial charge is 0.478 e. The summed E-state index contributed by atoms with van der Waals surface area (Å²) in [5.41, 5.74) is 1.04. The van der Waals surface area contributed by atoms with E-state index in [-0.39, 0.29) is 0 Å². The lowest BCUT2D eigenvalue weighted by atomic mass is 9.87. The molecule has 0 radical (unpaired) electrons. The van der Waals surface area contributed by atoms with E-state index in [1.807, 2.05) is 18.2 Å². The summed E-state index contributed by atoms with van der Waals surface area (Å²) in [6.45, 7) is 2.27. The van der Waals surface area contributed by atoms with Crippen molar-refractivity contribution in [2.24, 2.45) is 5.92 Å². The zero-order chi connectivity index (χ0) is 14.8. The molecular weight excluding hydrogens is 264 g/mol. The average Bonchev–Trinajstić information content (AvgIpc) is 2.46. The first kappa shape index (κ1) is 13.9. The molecule has 2 atom stereocenters. The van der Waals surface area contributed by atoms with Crippen LogP contribution in [0.15, 0.2) is 30.3 Å². The van der Waals surface area contributed by atoms with Crippen LogP contribution < -0.4 is 5.32 Å². The number of nitrogens with one attached hydrogen (secondary N) is 1. The number of benzene rings is 1. The summed E-state index contributed by atoms with van der Waals surface area (Å²) in [6, 6.07) is 9.43. The molecule has 1 aliphatic rings. The van der Waals surface area contributed by atoms with Crippen LogP contribution in [0.1, 0.15) is 43.0 Å². The van der Waals surface area contributed by atoms with E-state index < -0.39 is 5.97 Å². The molecule has 1 heterocycles. The van der Waals surface area contributed by atoms with Crippen molar-refractivity contribution in [3.8, 4) is 0 Å². The van der Waals surface area contributed by atoms with Crippen molar-refractivity contribution >= 4 is 22.7 Å². The van der Waals surface area contributed by atoms with Gasteiger partial charge in [-0.25, -0.2) is 9.78 Å². The molecule has 1 aromatic carbocycles. The standard InChI is InChI=1S/C17H20N2O2/c1-11-5-4-6-12(9-11)18-16-10-14(17(20)21)13-7-2-3-8-15(13)19-16/h2-3,7-8,10-12H,4-6,9H2,1H3,(H,18,19)(H,20,21). The maximum Gasteiger partial charge on any atom is 0.336 e. The Labute approximate surface area is 124 Å². The summed E-state index contributed by atoms with van der Waals surface area (Å²) in [5, 5.41) is 13.5. The maximum atomic E-state index is 11.5. The summed E-state index contributed by atoms with van der Waals surface area (Å²) in [5.74, 6) is 0.481. The molecule has 4 heteroatoms. The van der Waals surface area contributed by atoms with Gasteiger partial charge < -0.3 is 10.4 Å². The molecule has 1 aromatic heterocycles. The normalized spacial score (nSPS) is 22.1. The van der Waals surface area contributed by atoms with E-state index in [1.165, 1.54) is 12.8 Å². The lowest BCUT2D eigenvalue weighted by Crippen LogP contribution is -2.26. The highest BCUT2D eigenvalue weighted by molar-refractivity contribution is 6.03. The third kappa shape index (κ3) is 2.99. The highest BCUT2D eigenvalue weighted by atomic mass is 16.4. The molecular formula is C17H20N2O2. The van der Waals surface area contributed by atoms with Crippen LogP contribution in [-0.2, 0) is 0 Å². The number of rotatable bonds is 3. The van der Waals surface area contributed by atoms with E-state index in [0.717, 1.165) is 24.3 Å². The highest BCUT2D eigenvalue weighted by Gasteiger charge is 2.20. The predicted molar refractivity (Wildman–Crippen MR) is 83.7 cm³/mol. The van der Waals surface area contributed by atoms with Gasteiger partial charge in [0.2, 0.25) is 0 Å². The van der Waals surface area contributed by atoms with E-state index in [4.69, 9.17) is 0 Å². The van der Waals surface area contributed by atoms with Crippen molar-refractivity contribution in [3.63, 3.8) is 0 Å². The number of pyridine rings is 1. The van der Waals surface area contributed by atoms with Crippen LogP contribution in [0.3, 0.4) is 0 Å². The highest BCUT2D eigenvalue weighted by Crippen LogP contribution is 2.27. The molecule has 4 nitrogen and oxygen atoms in total. The number of para-hydroxylation sites is 1. The van der Waals surface area contributed by atoms with E-state index in [1.54, 1.807) is 12.1 Å². The fourth-order valence-electron chi connectivity index (χ4n) is 3.20. The van der Waals surface area contributed by atoms with Gasteiger partial charge >= 0.3 is 5.97 Å². The molecule has 0 amide bonds. The molecule has 1 aliphatic carbocycles. The molecule has 1 fully saturated rings. The molecule has 0 spiro atoms. The second kappa shape index (κ2) is 5.72. The van der Waals surface area contributed by atoms with Crippen molar-refractivity contribution in [3.05, 3.63) is 35.9 Å². The number of hydrogen-bond acceptors (Lipinski definition) is 3. The van der Waals surface area contributed by atoms with Crippen LogP contribution in [0.2, 0.25) is 0 Å². The van der Waals surface area contributed by atoms with Crippen molar-refractivity contribution in [1.29, 1.82) is 0 Å². The van der Waals surface area contributed by atoms with Crippen LogP contribution in [0.4, 0.5) is 5.82 Å². The number of nitrogens with zero attached hydrogens (tertiary/aromatic N) is 1. The quantitative estimate of drug-likeness (QED) is 0.896. The number of carboxylic acid groups (broad SMARTS) is 1. The SMILES string of the molecule is CC1CCCC(Nc2cc(C(=O)O)c3ccccc3n2)C1. The minimum absolute atomic E-state index is 0.312. The van der Waals surface area contributed by atoms with E-state index >= 15 is 0 Å². The van der Waals surface area contributed by atoms with Crippen molar-refractivity contribution < 1.29 is 9.90 Å². The summed E-state index contributed by atoms with van der Waals surface area (Å²) in [7, 11) is 0. The zero-order valence-corrected chi connectivity index (χ0v) is 12.2. The Morgan fingerprint density at radius 2 is 2.14 bits per heavy atom. The van der Waals surface area contributed by atoms with E-state index in [2.05, 4.69) is 17.2 Å². The number of carbonyl (C=O) groups is 1. The Bertz CT molecular complexity index is 669. The molecule has 0 saturated heterocycles. The molecule has 2 N–H and O–H groups in total. The third-order valence-corrected chi connectivity index (χ3v) is 4.23. The smallest absolute Gasteiger partial charge is 0.336 e. The first-order valence-corrected chi connectivity index (χ1v) is 7.53. The summed E-state index contributed by atoms with van der Waals surface area (Å²) >= 11 is 0. The van der Waals surface area contributed by atoms with Crippen LogP contribution in [0.25, 0.3) is 10.9 Å². The lowest BCUT2D eigenvalue weighted by molar-refractivity contribution is 0.0699. The zero-order valence-electron chi connectivity index (χ0n) is 12.2. The third-order valence-electron chi connectivity index (χ3n) is 4.23. The lowest BCUT2D eigenvalue weighted by Gasteiger charge is -2.28. The van der Waals surface area contributed by atoms with Crippen molar-refractivity contribution in [2.75, 3.05) is 5.32 Å². The maximum absolute atomic E-state index is 11.5. The Kier molecular flexibility index (Phi) is 3.78. The minimum atomic E-state index is -0.909. The van der Waals surface area contributed by atoms with Gasteiger partial charge in [-0.2, -0.15) is 0 Å². The first-order chi connectivity index (χ1) is 10.1. The van der Waals surface area contributed by atoms with Gasteiger partial charge in [0.25, 0.3) is 0 Å². The molecule has 2 aromatic rings. The Morgan fingerprint density at radius 1 is 1.33 bits per heavy atom. The molecule has 3 rings (SSSR count). The van der Waals surface area contributed by atoms with Gasteiger partial charge in [0.1, 0.15) is 5.82 Å². The van der Waals surface area contributed by atoms with Gasteiger partial charge in [-0.1, -0.05) is 38.0 Å². The topological polar surface area (TPSA) is 62.2 Å². The van der Waals surface area contributed by atoms with Crippen LogP contribution in [-0.4, -0.2) is 22.1 Å². The number of anilines is 1. The van der Waals surface area contributed by atoms with Gasteiger partial charge in [0.15, 0.2) is 0 Å². The van der Waals surface area contributed by atoms with Crippen LogP contribution in [0.5, 0.6) is 0 Å². The van der Waals surface area contributed by atoms with Gasteiger partial charge in [-0.15, -0.1) is 0 Å². The first-order valence-electron chi connectivity index (χ1n) is 7.53. The number of carboxylic acids is 1.